The Labute approximate surface area is 177 Å². The fourth-order valence-corrected chi connectivity index (χ4v) is 3.88. The Bertz CT molecular complexity index is 1160. The van der Waals surface area contributed by atoms with Crippen LogP contribution in [-0.4, -0.2) is 24.5 Å². The molecule has 30 heavy (non-hydrogen) atoms. The van der Waals surface area contributed by atoms with Gasteiger partial charge in [-0.15, -0.1) is 0 Å². The van der Waals surface area contributed by atoms with Crippen LogP contribution >= 0.6 is 0 Å². The van der Waals surface area contributed by atoms with E-state index in [0.717, 1.165) is 40.8 Å². The molecule has 0 saturated heterocycles. The number of hydrogen-bond acceptors (Lipinski definition) is 4. The van der Waals surface area contributed by atoms with E-state index < -0.39 is 0 Å². The second-order valence-electron chi connectivity index (χ2n) is 7.82. The van der Waals surface area contributed by atoms with Gasteiger partial charge < -0.3 is 0 Å². The lowest BCUT2D eigenvalue weighted by molar-refractivity contribution is 0.838. The van der Waals surface area contributed by atoms with E-state index in [9.17, 15) is 0 Å². The molecule has 0 atom stereocenters. The quantitative estimate of drug-likeness (QED) is 0.434. The number of hydrogen-bond donors (Lipinski definition) is 0. The van der Waals surface area contributed by atoms with Crippen molar-refractivity contribution >= 4 is 0 Å². The van der Waals surface area contributed by atoms with Crippen molar-refractivity contribution in [3.63, 3.8) is 0 Å². The van der Waals surface area contributed by atoms with Crippen LogP contribution in [-0.2, 0) is 6.42 Å². The van der Waals surface area contributed by atoms with E-state index >= 15 is 0 Å². The molecular weight excluding hydrogens is 370 g/mol. The largest absolute Gasteiger partial charge is 0.299 e. The Balaban J connectivity index is 1.95. The molecule has 0 amide bonds. The van der Waals surface area contributed by atoms with E-state index in [0.29, 0.717) is 5.92 Å². The zero-order chi connectivity index (χ0) is 21.3. The lowest BCUT2D eigenvalue weighted by atomic mass is 9.93. The second kappa shape index (κ2) is 8.19. The molecule has 4 rings (SSSR count). The minimum absolute atomic E-state index is 0.334. The monoisotopic (exact) mass is 397 g/mol. The summed E-state index contributed by atoms with van der Waals surface area (Å²) in [6.07, 6.45) is 4.83. The Morgan fingerprint density at radius 1 is 0.900 bits per heavy atom. The van der Waals surface area contributed by atoms with Gasteiger partial charge in [0.15, 0.2) is 5.82 Å². The molecule has 0 radical (unpaired) electrons. The highest BCUT2D eigenvalue weighted by Crippen LogP contribution is 2.34. The van der Waals surface area contributed by atoms with E-state index in [-0.39, 0.29) is 0 Å². The van der Waals surface area contributed by atoms with Crippen LogP contribution in [0.2, 0.25) is 0 Å². The van der Waals surface area contributed by atoms with Crippen molar-refractivity contribution in [3.05, 3.63) is 77.6 Å². The minimum atomic E-state index is 0.334. The van der Waals surface area contributed by atoms with E-state index in [1.165, 1.54) is 16.8 Å². The van der Waals surface area contributed by atoms with Crippen molar-refractivity contribution in [1.82, 2.24) is 24.5 Å². The van der Waals surface area contributed by atoms with Crippen molar-refractivity contribution in [2.45, 2.75) is 47.0 Å². The first-order valence-electron chi connectivity index (χ1n) is 10.4. The van der Waals surface area contributed by atoms with Crippen molar-refractivity contribution < 1.29 is 0 Å². The summed E-state index contributed by atoms with van der Waals surface area (Å²) in [5.74, 6) is 3.50. The molecule has 0 N–H and O–H groups in total. The number of benzene rings is 2. The Kier molecular flexibility index (Phi) is 5.44. The Morgan fingerprint density at radius 3 is 2.23 bits per heavy atom. The van der Waals surface area contributed by atoms with Crippen molar-refractivity contribution in [3.8, 4) is 28.5 Å². The molecule has 152 valence electrons. The Morgan fingerprint density at radius 2 is 1.60 bits per heavy atom. The first-order valence-corrected chi connectivity index (χ1v) is 10.4. The van der Waals surface area contributed by atoms with Gasteiger partial charge in [-0.25, -0.2) is 19.9 Å². The number of aromatic nitrogens is 5. The van der Waals surface area contributed by atoms with E-state index in [2.05, 4.69) is 75.7 Å². The van der Waals surface area contributed by atoms with Crippen LogP contribution in [0.3, 0.4) is 0 Å². The van der Waals surface area contributed by atoms with Crippen LogP contribution in [0, 0.1) is 13.8 Å². The van der Waals surface area contributed by atoms with Gasteiger partial charge in [0, 0.05) is 23.5 Å². The summed E-state index contributed by atoms with van der Waals surface area (Å²) in [5.41, 5.74) is 5.86. The normalized spacial score (nSPS) is 11.3. The van der Waals surface area contributed by atoms with Crippen LogP contribution in [0.25, 0.3) is 28.5 Å². The topological polar surface area (TPSA) is 56.5 Å². The molecular formula is C25H27N5. The first-order chi connectivity index (χ1) is 14.5. The lowest BCUT2D eigenvalue weighted by Gasteiger charge is -2.21. The minimum Gasteiger partial charge on any atom is -0.299 e. The van der Waals surface area contributed by atoms with Crippen LogP contribution in [0.1, 0.15) is 49.5 Å². The summed E-state index contributed by atoms with van der Waals surface area (Å²) >= 11 is 0. The van der Waals surface area contributed by atoms with Crippen LogP contribution in [0.15, 0.2) is 54.9 Å². The van der Waals surface area contributed by atoms with E-state index in [1.807, 2.05) is 38.2 Å². The fraction of sp³-hybridized carbons (Fsp3) is 0.280. The smallest absolute Gasteiger partial charge is 0.163 e. The van der Waals surface area contributed by atoms with Crippen molar-refractivity contribution in [2.24, 2.45) is 0 Å². The zero-order valence-electron chi connectivity index (χ0n) is 18.2. The molecule has 0 aliphatic carbocycles. The summed E-state index contributed by atoms with van der Waals surface area (Å²) in [6, 6.07) is 14.8. The zero-order valence-corrected chi connectivity index (χ0v) is 18.2. The SMILES string of the molecule is CCc1cc(-c2nc(C)nc(C)n2)cc(C(C)C)c1-n1ccnc1-c1ccccc1. The summed E-state index contributed by atoms with van der Waals surface area (Å²) in [5, 5.41) is 0. The van der Waals surface area contributed by atoms with Gasteiger partial charge in [0.25, 0.3) is 0 Å². The highest BCUT2D eigenvalue weighted by Gasteiger charge is 2.19. The van der Waals surface area contributed by atoms with Gasteiger partial charge in [0.2, 0.25) is 0 Å². The molecule has 2 heterocycles. The average molecular weight is 398 g/mol. The third-order valence-corrected chi connectivity index (χ3v) is 5.25. The second-order valence-corrected chi connectivity index (χ2v) is 7.82. The number of imidazole rings is 1. The van der Waals surface area contributed by atoms with Crippen LogP contribution in [0.5, 0.6) is 0 Å². The molecule has 0 aliphatic rings. The van der Waals surface area contributed by atoms with E-state index in [4.69, 9.17) is 0 Å². The van der Waals surface area contributed by atoms with Crippen molar-refractivity contribution in [2.75, 3.05) is 0 Å². The van der Waals surface area contributed by atoms with Gasteiger partial charge in [-0.05, 0) is 49.4 Å². The average Bonchev–Trinajstić information content (AvgIpc) is 3.22. The third-order valence-electron chi connectivity index (χ3n) is 5.25. The van der Waals surface area contributed by atoms with E-state index in [1.54, 1.807) is 0 Å². The predicted molar refractivity (Wildman–Crippen MR) is 121 cm³/mol. The van der Waals surface area contributed by atoms with Crippen molar-refractivity contribution in [1.29, 1.82) is 0 Å². The molecule has 2 aromatic heterocycles. The summed E-state index contributed by atoms with van der Waals surface area (Å²) in [7, 11) is 0. The van der Waals surface area contributed by atoms with Crippen LogP contribution < -0.4 is 0 Å². The van der Waals surface area contributed by atoms with Gasteiger partial charge >= 0.3 is 0 Å². The van der Waals surface area contributed by atoms with Gasteiger partial charge in [-0.3, -0.25) is 4.57 Å². The van der Waals surface area contributed by atoms with Gasteiger partial charge in [0.05, 0.1) is 5.69 Å². The summed E-state index contributed by atoms with van der Waals surface area (Å²) < 4.78 is 2.22. The standard InChI is InChI=1S/C25H27N5/c1-6-19-14-21(24-28-17(4)27-18(5)29-24)15-22(16(2)3)23(19)30-13-12-26-25(30)20-10-8-7-9-11-20/h7-16H,6H2,1-5H3. The fourth-order valence-electron chi connectivity index (χ4n) is 3.88. The molecule has 5 heteroatoms. The van der Waals surface area contributed by atoms with Gasteiger partial charge in [0.1, 0.15) is 17.5 Å². The molecule has 0 saturated carbocycles. The molecule has 4 aromatic rings. The third kappa shape index (κ3) is 3.75. The molecule has 0 aliphatic heterocycles. The summed E-state index contributed by atoms with van der Waals surface area (Å²) in [6.45, 7) is 10.5. The summed E-state index contributed by atoms with van der Waals surface area (Å²) in [4.78, 5) is 18.2. The lowest BCUT2D eigenvalue weighted by Crippen LogP contribution is -2.08. The molecule has 0 bridgehead atoms. The maximum Gasteiger partial charge on any atom is 0.163 e. The highest BCUT2D eigenvalue weighted by atomic mass is 15.1. The van der Waals surface area contributed by atoms with Crippen LogP contribution in [0.4, 0.5) is 0 Å². The molecule has 0 fully saturated rings. The number of aryl methyl sites for hydroxylation is 3. The molecule has 0 spiro atoms. The Hall–Kier alpha value is -3.34. The predicted octanol–water partition coefficient (Wildman–Crippen LogP) is 5.69. The molecule has 5 nitrogen and oxygen atoms in total. The first kappa shape index (κ1) is 20.0. The maximum absolute atomic E-state index is 4.67. The number of rotatable bonds is 5. The maximum atomic E-state index is 4.67. The van der Waals surface area contributed by atoms with Gasteiger partial charge in [-0.2, -0.15) is 0 Å². The molecule has 2 aromatic carbocycles. The molecule has 0 unspecified atom stereocenters. The highest BCUT2D eigenvalue weighted by molar-refractivity contribution is 5.67. The van der Waals surface area contributed by atoms with Gasteiger partial charge in [-0.1, -0.05) is 51.1 Å². The number of nitrogens with zero attached hydrogens (tertiary/aromatic N) is 5.